The molecule has 0 aliphatic carbocycles. The summed E-state index contributed by atoms with van der Waals surface area (Å²) in [5.41, 5.74) is 0.466. The highest BCUT2D eigenvalue weighted by Crippen LogP contribution is 2.30. The quantitative estimate of drug-likeness (QED) is 0.139. The van der Waals surface area contributed by atoms with Crippen LogP contribution >= 0.6 is 0 Å². The third-order valence-electron chi connectivity index (χ3n) is 5.41. The van der Waals surface area contributed by atoms with Crippen LogP contribution in [0, 0.1) is 10.1 Å². The second-order valence-electron chi connectivity index (χ2n) is 7.91. The summed E-state index contributed by atoms with van der Waals surface area (Å²) in [5.74, 6) is -2.44. The molecular formula is C25H19N3O10. The van der Waals surface area contributed by atoms with E-state index in [1.807, 2.05) is 0 Å². The number of nitrogens with zero attached hydrogens (tertiary/aromatic N) is 2. The van der Waals surface area contributed by atoms with Gasteiger partial charge in [-0.05, 0) is 47.5 Å². The maximum atomic E-state index is 12.8. The minimum absolute atomic E-state index is 0.0397. The van der Waals surface area contributed by atoms with Gasteiger partial charge >= 0.3 is 23.7 Å². The zero-order valence-corrected chi connectivity index (χ0v) is 19.7. The van der Waals surface area contributed by atoms with Crippen LogP contribution in [0.25, 0.3) is 6.08 Å². The number of urea groups is 1. The summed E-state index contributed by atoms with van der Waals surface area (Å²) in [5, 5.41) is 23.0. The number of furan rings is 1. The summed E-state index contributed by atoms with van der Waals surface area (Å²) in [6, 6.07) is 11.9. The molecule has 2 heterocycles. The standard InChI is InChI=1S/C25H19N3O10/c1-36-24(32)21-9-7-17(38-21)12-27-22(29)18(26-25(27)33)10-15-4-8-20(19(11-15)28(34)35)37-13-14-2-5-16(6-3-14)23(30)31/h2-11H,12-13H2,1H3,(H,26,33)(H,30,31)/b18-10-. The number of nitrogens with one attached hydrogen (secondary N) is 1. The van der Waals surface area contributed by atoms with E-state index in [0.29, 0.717) is 5.56 Å². The zero-order valence-electron chi connectivity index (χ0n) is 19.7. The van der Waals surface area contributed by atoms with Crippen molar-refractivity contribution in [2.45, 2.75) is 13.2 Å². The van der Waals surface area contributed by atoms with Gasteiger partial charge in [0.05, 0.1) is 24.1 Å². The summed E-state index contributed by atoms with van der Waals surface area (Å²) in [6.45, 7) is -0.297. The third-order valence-corrected chi connectivity index (χ3v) is 5.41. The van der Waals surface area contributed by atoms with Crippen LogP contribution in [0.2, 0.25) is 0 Å². The molecule has 1 aliphatic heterocycles. The molecule has 0 unspecified atom stereocenters. The number of carbonyl (C=O) groups excluding carboxylic acids is 3. The number of amides is 3. The van der Waals surface area contributed by atoms with Gasteiger partial charge in [0.25, 0.3) is 5.91 Å². The Kier molecular flexibility index (Phi) is 7.19. The molecule has 0 atom stereocenters. The van der Waals surface area contributed by atoms with Gasteiger partial charge in [0, 0.05) is 6.07 Å². The molecule has 4 rings (SSSR count). The first-order valence-electron chi connectivity index (χ1n) is 10.9. The van der Waals surface area contributed by atoms with Crippen LogP contribution in [0.3, 0.4) is 0 Å². The monoisotopic (exact) mass is 521 g/mol. The average Bonchev–Trinajstić information content (AvgIpc) is 3.48. The largest absolute Gasteiger partial charge is 0.482 e. The molecule has 0 saturated carbocycles. The van der Waals surface area contributed by atoms with E-state index in [4.69, 9.17) is 14.3 Å². The minimum Gasteiger partial charge on any atom is -0.482 e. The molecule has 0 bridgehead atoms. The van der Waals surface area contributed by atoms with E-state index < -0.39 is 28.8 Å². The molecule has 1 fully saturated rings. The first-order valence-corrected chi connectivity index (χ1v) is 10.9. The van der Waals surface area contributed by atoms with Crippen molar-refractivity contribution >= 4 is 35.6 Å². The number of rotatable bonds is 9. The number of methoxy groups -OCH3 is 1. The van der Waals surface area contributed by atoms with Crippen LogP contribution in [0.1, 0.15) is 37.8 Å². The summed E-state index contributed by atoms with van der Waals surface area (Å²) >= 11 is 0. The Labute approximate surface area is 214 Å². The van der Waals surface area contributed by atoms with Crippen LogP contribution in [-0.2, 0) is 22.7 Å². The van der Waals surface area contributed by atoms with Crippen LogP contribution in [0.4, 0.5) is 10.5 Å². The van der Waals surface area contributed by atoms with E-state index in [9.17, 15) is 29.3 Å². The number of carboxylic acid groups (broad SMARTS) is 1. The van der Waals surface area contributed by atoms with Gasteiger partial charge in [-0.2, -0.15) is 0 Å². The number of carbonyl (C=O) groups is 4. The summed E-state index contributed by atoms with van der Waals surface area (Å²) < 4.78 is 15.4. The number of carboxylic acids is 1. The summed E-state index contributed by atoms with van der Waals surface area (Å²) in [6.07, 6.45) is 1.28. The van der Waals surface area contributed by atoms with Crippen molar-refractivity contribution in [2.75, 3.05) is 7.11 Å². The van der Waals surface area contributed by atoms with Gasteiger partial charge in [0.2, 0.25) is 5.76 Å². The van der Waals surface area contributed by atoms with Gasteiger partial charge in [-0.1, -0.05) is 18.2 Å². The fourth-order valence-corrected chi connectivity index (χ4v) is 3.50. The number of hydrogen-bond acceptors (Lipinski definition) is 9. The maximum absolute atomic E-state index is 12.8. The predicted octanol–water partition coefficient (Wildman–Crippen LogP) is 3.34. The lowest BCUT2D eigenvalue weighted by atomic mass is 10.1. The first-order chi connectivity index (χ1) is 18.2. The van der Waals surface area contributed by atoms with Gasteiger partial charge in [-0.25, -0.2) is 14.4 Å². The highest BCUT2D eigenvalue weighted by atomic mass is 16.6. The molecule has 2 N–H and O–H groups in total. The lowest BCUT2D eigenvalue weighted by Gasteiger charge is -2.09. The Morgan fingerprint density at radius 1 is 1.13 bits per heavy atom. The number of ether oxygens (including phenoxy) is 2. The molecule has 2 aromatic carbocycles. The second-order valence-corrected chi connectivity index (χ2v) is 7.91. The fourth-order valence-electron chi connectivity index (χ4n) is 3.50. The van der Waals surface area contributed by atoms with Crippen molar-refractivity contribution in [3.05, 3.63) is 98.6 Å². The second kappa shape index (κ2) is 10.7. The molecule has 0 radical (unpaired) electrons. The first kappa shape index (κ1) is 25.6. The lowest BCUT2D eigenvalue weighted by Crippen LogP contribution is -2.30. The van der Waals surface area contributed by atoms with Gasteiger partial charge in [0.1, 0.15) is 18.1 Å². The number of hydrogen-bond donors (Lipinski definition) is 2. The normalized spacial score (nSPS) is 13.9. The molecule has 1 aromatic heterocycles. The van der Waals surface area contributed by atoms with E-state index >= 15 is 0 Å². The molecule has 194 valence electrons. The number of benzene rings is 2. The SMILES string of the molecule is COC(=O)c1ccc(CN2C(=O)N/C(=C\c3ccc(OCc4ccc(C(=O)O)cc4)c([N+](=O)[O-])c3)C2=O)o1. The predicted molar refractivity (Wildman–Crippen MR) is 128 cm³/mol. The smallest absolute Gasteiger partial charge is 0.373 e. The molecule has 3 aromatic rings. The van der Waals surface area contributed by atoms with Crippen LogP contribution in [0.15, 0.2) is 64.7 Å². The van der Waals surface area contributed by atoms with Crippen LogP contribution < -0.4 is 10.1 Å². The Bertz CT molecular complexity index is 1470. The van der Waals surface area contributed by atoms with Crippen LogP contribution in [0.5, 0.6) is 5.75 Å². The number of imide groups is 1. The molecule has 0 spiro atoms. The topological polar surface area (TPSA) is 179 Å². The summed E-state index contributed by atoms with van der Waals surface area (Å²) in [7, 11) is 1.18. The van der Waals surface area contributed by atoms with E-state index in [1.165, 1.54) is 67.8 Å². The average molecular weight is 521 g/mol. The Morgan fingerprint density at radius 3 is 2.53 bits per heavy atom. The third kappa shape index (κ3) is 5.51. The molecule has 1 saturated heterocycles. The molecule has 13 heteroatoms. The van der Waals surface area contributed by atoms with Gasteiger partial charge in [-0.3, -0.25) is 19.8 Å². The van der Waals surface area contributed by atoms with E-state index in [-0.39, 0.29) is 52.9 Å². The van der Waals surface area contributed by atoms with Crippen molar-refractivity contribution in [2.24, 2.45) is 0 Å². The van der Waals surface area contributed by atoms with Crippen molar-refractivity contribution in [3.8, 4) is 5.75 Å². The van der Waals surface area contributed by atoms with Gasteiger partial charge < -0.3 is 24.3 Å². The van der Waals surface area contributed by atoms with E-state index in [2.05, 4.69) is 10.1 Å². The van der Waals surface area contributed by atoms with Crippen molar-refractivity contribution in [3.63, 3.8) is 0 Å². The highest BCUT2D eigenvalue weighted by molar-refractivity contribution is 6.13. The van der Waals surface area contributed by atoms with Crippen LogP contribution in [-0.4, -0.2) is 45.9 Å². The maximum Gasteiger partial charge on any atom is 0.373 e. The molecular weight excluding hydrogens is 502 g/mol. The number of aromatic carboxylic acids is 1. The Hall–Kier alpha value is -5.46. The lowest BCUT2D eigenvalue weighted by molar-refractivity contribution is -0.386. The van der Waals surface area contributed by atoms with Crippen molar-refractivity contribution < 1.29 is 43.1 Å². The molecule has 3 amide bonds. The molecule has 1 aliphatic rings. The van der Waals surface area contributed by atoms with Gasteiger partial charge in [0.15, 0.2) is 5.75 Å². The summed E-state index contributed by atoms with van der Waals surface area (Å²) in [4.78, 5) is 59.5. The van der Waals surface area contributed by atoms with Crippen molar-refractivity contribution in [1.29, 1.82) is 0 Å². The number of nitro groups is 1. The minimum atomic E-state index is -1.08. The number of nitro benzene ring substituents is 1. The molecule has 13 nitrogen and oxygen atoms in total. The fraction of sp³-hybridized carbons (Fsp3) is 0.120. The van der Waals surface area contributed by atoms with E-state index in [0.717, 1.165) is 4.90 Å². The molecule has 38 heavy (non-hydrogen) atoms. The Morgan fingerprint density at radius 2 is 1.87 bits per heavy atom. The van der Waals surface area contributed by atoms with Gasteiger partial charge in [-0.15, -0.1) is 0 Å². The van der Waals surface area contributed by atoms with Crippen molar-refractivity contribution in [1.82, 2.24) is 10.2 Å². The zero-order chi connectivity index (χ0) is 27.4. The van der Waals surface area contributed by atoms with E-state index in [1.54, 1.807) is 0 Å². The highest BCUT2D eigenvalue weighted by Gasteiger charge is 2.34. The number of esters is 1. The Balaban J connectivity index is 1.48.